The zero-order valence-electron chi connectivity index (χ0n) is 10.4. The maximum absolute atomic E-state index is 11.9. The second kappa shape index (κ2) is 4.84. The Kier molecular flexibility index (Phi) is 3.43. The van der Waals surface area contributed by atoms with Gasteiger partial charge in [-0.15, -0.1) is 11.3 Å². The van der Waals surface area contributed by atoms with Gasteiger partial charge in [0.25, 0.3) is 0 Å². The maximum atomic E-state index is 11.9. The van der Waals surface area contributed by atoms with Crippen LogP contribution in [-0.4, -0.2) is 5.78 Å². The largest absolute Gasteiger partial charge is 0.294 e. The van der Waals surface area contributed by atoms with E-state index in [4.69, 9.17) is 0 Å². The van der Waals surface area contributed by atoms with Crippen molar-refractivity contribution in [3.63, 3.8) is 0 Å². The monoisotopic (exact) mass is 244 g/mol. The average molecular weight is 244 g/mol. The molecule has 0 aliphatic carbocycles. The van der Waals surface area contributed by atoms with Crippen LogP contribution in [0.2, 0.25) is 0 Å². The molecule has 0 atom stereocenters. The minimum Gasteiger partial charge on any atom is -0.294 e. The predicted molar refractivity (Wildman–Crippen MR) is 73.7 cm³/mol. The number of ketones is 1. The molecule has 1 aromatic heterocycles. The topological polar surface area (TPSA) is 17.1 Å². The number of carbonyl (C=O) groups excluding carboxylic acids is 1. The van der Waals surface area contributed by atoms with Gasteiger partial charge in [0, 0.05) is 21.2 Å². The van der Waals surface area contributed by atoms with E-state index in [1.165, 1.54) is 9.75 Å². The summed E-state index contributed by atoms with van der Waals surface area (Å²) in [5.41, 5.74) is 1.94. The molecule has 2 rings (SSSR count). The summed E-state index contributed by atoms with van der Waals surface area (Å²) in [5.74, 6) is 0.260. The van der Waals surface area contributed by atoms with Crippen molar-refractivity contribution >= 4 is 17.1 Å². The number of benzene rings is 1. The molecule has 88 valence electrons. The third-order valence-corrected chi connectivity index (χ3v) is 3.75. The molecule has 0 unspecified atom stereocenters. The van der Waals surface area contributed by atoms with Crippen LogP contribution in [0.25, 0.3) is 10.4 Å². The van der Waals surface area contributed by atoms with E-state index in [9.17, 15) is 4.79 Å². The van der Waals surface area contributed by atoms with Gasteiger partial charge in [0.1, 0.15) is 0 Å². The third kappa shape index (κ3) is 2.64. The van der Waals surface area contributed by atoms with Crippen LogP contribution in [0.15, 0.2) is 36.4 Å². The number of Topliss-reactive ketones (excluding diaryl/α,β-unsaturated/α-hetero) is 1. The van der Waals surface area contributed by atoms with Gasteiger partial charge in [0.2, 0.25) is 0 Å². The Morgan fingerprint density at radius 1 is 1.18 bits per heavy atom. The molecule has 0 bridgehead atoms. The van der Waals surface area contributed by atoms with Gasteiger partial charge >= 0.3 is 0 Å². The summed E-state index contributed by atoms with van der Waals surface area (Å²) in [5, 5.41) is 0. The van der Waals surface area contributed by atoms with Crippen molar-refractivity contribution in [3.8, 4) is 10.4 Å². The molecular formula is C15H16OS. The molecule has 1 aromatic carbocycles. The SMILES string of the molecule is Cc1ccc(-c2cccc(C(=O)C(C)C)c2)s1. The van der Waals surface area contributed by atoms with Crippen LogP contribution in [0.4, 0.5) is 0 Å². The lowest BCUT2D eigenvalue weighted by Crippen LogP contribution is -2.07. The molecule has 0 saturated carbocycles. The van der Waals surface area contributed by atoms with Crippen molar-refractivity contribution < 1.29 is 4.79 Å². The zero-order valence-corrected chi connectivity index (χ0v) is 11.2. The molecule has 2 heteroatoms. The molecule has 0 spiro atoms. The summed E-state index contributed by atoms with van der Waals surface area (Å²) in [7, 11) is 0. The van der Waals surface area contributed by atoms with Crippen molar-refractivity contribution in [2.75, 3.05) is 0 Å². The van der Waals surface area contributed by atoms with Crippen LogP contribution in [0.5, 0.6) is 0 Å². The van der Waals surface area contributed by atoms with Gasteiger partial charge in [-0.2, -0.15) is 0 Å². The predicted octanol–water partition coefficient (Wildman–Crippen LogP) is 4.56. The summed E-state index contributed by atoms with van der Waals surface area (Å²) in [4.78, 5) is 14.5. The van der Waals surface area contributed by atoms with E-state index in [0.29, 0.717) is 0 Å². The van der Waals surface area contributed by atoms with Gasteiger partial charge in [0.05, 0.1) is 0 Å². The highest BCUT2D eigenvalue weighted by Crippen LogP contribution is 2.28. The Labute approximate surface area is 106 Å². The van der Waals surface area contributed by atoms with E-state index >= 15 is 0 Å². The fourth-order valence-electron chi connectivity index (χ4n) is 1.75. The number of rotatable bonds is 3. The lowest BCUT2D eigenvalue weighted by atomic mass is 9.99. The molecule has 1 nitrogen and oxygen atoms in total. The summed E-state index contributed by atoms with van der Waals surface area (Å²) in [6.07, 6.45) is 0. The highest BCUT2D eigenvalue weighted by Gasteiger charge is 2.11. The van der Waals surface area contributed by atoms with Crippen molar-refractivity contribution in [3.05, 3.63) is 46.8 Å². The molecular weight excluding hydrogens is 228 g/mol. The normalized spacial score (nSPS) is 10.8. The number of thiophene rings is 1. The quantitative estimate of drug-likeness (QED) is 0.723. The maximum Gasteiger partial charge on any atom is 0.165 e. The van der Waals surface area contributed by atoms with Crippen LogP contribution >= 0.6 is 11.3 Å². The highest BCUT2D eigenvalue weighted by molar-refractivity contribution is 7.15. The van der Waals surface area contributed by atoms with Gasteiger partial charge in [-0.1, -0.05) is 32.0 Å². The number of hydrogen-bond acceptors (Lipinski definition) is 2. The van der Waals surface area contributed by atoms with E-state index in [1.54, 1.807) is 11.3 Å². The number of carbonyl (C=O) groups is 1. The molecule has 0 aliphatic rings. The van der Waals surface area contributed by atoms with E-state index in [2.05, 4.69) is 25.1 Å². The molecule has 0 N–H and O–H groups in total. The summed E-state index contributed by atoms with van der Waals surface area (Å²) in [6, 6.07) is 12.1. The molecule has 17 heavy (non-hydrogen) atoms. The first-order chi connectivity index (χ1) is 8.08. The van der Waals surface area contributed by atoms with Gasteiger partial charge in [-0.05, 0) is 30.7 Å². The van der Waals surface area contributed by atoms with Crippen molar-refractivity contribution in [2.45, 2.75) is 20.8 Å². The Balaban J connectivity index is 2.38. The average Bonchev–Trinajstić information content (AvgIpc) is 2.75. The number of hydrogen-bond donors (Lipinski definition) is 0. The van der Waals surface area contributed by atoms with Crippen molar-refractivity contribution in [2.24, 2.45) is 5.92 Å². The standard InChI is InChI=1S/C15H16OS/c1-10(2)15(16)13-6-4-5-12(9-13)14-8-7-11(3)17-14/h4-10H,1-3H3. The van der Waals surface area contributed by atoms with Gasteiger partial charge in [-0.3, -0.25) is 4.79 Å². The molecule has 0 fully saturated rings. The second-order valence-electron chi connectivity index (χ2n) is 4.51. The number of aryl methyl sites for hydroxylation is 1. The summed E-state index contributed by atoms with van der Waals surface area (Å²) in [6.45, 7) is 5.96. The fourth-order valence-corrected chi connectivity index (χ4v) is 2.61. The summed E-state index contributed by atoms with van der Waals surface area (Å²) < 4.78 is 0. The molecule has 0 amide bonds. The molecule has 0 aliphatic heterocycles. The van der Waals surface area contributed by atoms with Crippen molar-refractivity contribution in [1.29, 1.82) is 0 Å². The van der Waals surface area contributed by atoms with E-state index in [1.807, 2.05) is 32.0 Å². The smallest absolute Gasteiger partial charge is 0.165 e. The van der Waals surface area contributed by atoms with Gasteiger partial charge in [-0.25, -0.2) is 0 Å². The Morgan fingerprint density at radius 2 is 1.94 bits per heavy atom. The molecule has 2 aromatic rings. The van der Waals surface area contributed by atoms with Gasteiger partial charge in [0.15, 0.2) is 5.78 Å². The first kappa shape index (κ1) is 12.1. The van der Waals surface area contributed by atoms with Crippen molar-refractivity contribution in [1.82, 2.24) is 0 Å². The molecule has 1 heterocycles. The lowest BCUT2D eigenvalue weighted by Gasteiger charge is -2.05. The van der Waals surface area contributed by atoms with E-state index in [-0.39, 0.29) is 11.7 Å². The highest BCUT2D eigenvalue weighted by atomic mass is 32.1. The van der Waals surface area contributed by atoms with Crippen LogP contribution in [0.3, 0.4) is 0 Å². The van der Waals surface area contributed by atoms with Crippen LogP contribution < -0.4 is 0 Å². The summed E-state index contributed by atoms with van der Waals surface area (Å²) >= 11 is 1.76. The first-order valence-corrected chi connectivity index (χ1v) is 6.60. The fraction of sp³-hybridized carbons (Fsp3) is 0.267. The Morgan fingerprint density at radius 3 is 2.53 bits per heavy atom. The van der Waals surface area contributed by atoms with E-state index < -0.39 is 0 Å². The van der Waals surface area contributed by atoms with Crippen LogP contribution in [0.1, 0.15) is 29.1 Å². The minimum absolute atomic E-state index is 0.0512. The Bertz CT molecular complexity index is 537. The zero-order chi connectivity index (χ0) is 12.4. The first-order valence-electron chi connectivity index (χ1n) is 5.79. The van der Waals surface area contributed by atoms with Crippen LogP contribution in [0, 0.1) is 12.8 Å². The second-order valence-corrected chi connectivity index (χ2v) is 5.80. The Hall–Kier alpha value is -1.41. The van der Waals surface area contributed by atoms with Crippen LogP contribution in [-0.2, 0) is 0 Å². The lowest BCUT2D eigenvalue weighted by molar-refractivity contribution is 0.0939. The minimum atomic E-state index is 0.0512. The third-order valence-electron chi connectivity index (χ3n) is 2.70. The van der Waals surface area contributed by atoms with E-state index in [0.717, 1.165) is 11.1 Å². The molecule has 0 saturated heterocycles. The van der Waals surface area contributed by atoms with Gasteiger partial charge < -0.3 is 0 Å². The molecule has 0 radical (unpaired) electrons.